The average Bonchev–Trinajstić information content (AvgIpc) is 3.05. The van der Waals surface area contributed by atoms with Gasteiger partial charge in [-0.3, -0.25) is 30.1 Å². The summed E-state index contributed by atoms with van der Waals surface area (Å²) in [5.74, 6) is -1.03. The van der Waals surface area contributed by atoms with E-state index in [0.29, 0.717) is 27.2 Å². The summed E-state index contributed by atoms with van der Waals surface area (Å²) < 4.78 is 0.471. The number of rotatable bonds is 7. The number of nitrogens with zero attached hydrogens (tertiary/aromatic N) is 1. The molecule has 3 rings (SSSR count). The molecule has 1 fully saturated rings. The molecule has 2 aromatic carbocycles. The fourth-order valence-electron chi connectivity index (χ4n) is 2.99. The number of benzene rings is 2. The molecular formula is C23H22ClN3O3S2. The van der Waals surface area contributed by atoms with Crippen molar-refractivity contribution in [3.8, 4) is 0 Å². The van der Waals surface area contributed by atoms with E-state index in [4.69, 9.17) is 23.8 Å². The van der Waals surface area contributed by atoms with Gasteiger partial charge in [0.25, 0.3) is 11.8 Å². The summed E-state index contributed by atoms with van der Waals surface area (Å²) in [6.07, 6.45) is 3.31. The second-order valence-corrected chi connectivity index (χ2v) is 9.10. The first-order chi connectivity index (χ1) is 15.4. The molecule has 3 amide bonds. The highest BCUT2D eigenvalue weighted by atomic mass is 35.5. The van der Waals surface area contributed by atoms with Gasteiger partial charge in [-0.1, -0.05) is 78.9 Å². The lowest BCUT2D eigenvalue weighted by atomic mass is 10.1. The molecular weight excluding hydrogens is 466 g/mol. The fraction of sp³-hybridized carbons (Fsp3) is 0.217. The summed E-state index contributed by atoms with van der Waals surface area (Å²) in [6.45, 7) is 2.41. The van der Waals surface area contributed by atoms with Crippen molar-refractivity contribution in [3.63, 3.8) is 0 Å². The highest BCUT2D eigenvalue weighted by molar-refractivity contribution is 8.26. The third-order valence-electron chi connectivity index (χ3n) is 4.78. The van der Waals surface area contributed by atoms with Gasteiger partial charge in [-0.05, 0) is 42.2 Å². The van der Waals surface area contributed by atoms with Gasteiger partial charge in [0.2, 0.25) is 5.91 Å². The number of thiocarbonyl (C=S) groups is 1. The van der Waals surface area contributed by atoms with Gasteiger partial charge < -0.3 is 0 Å². The standard InChI is InChI=1S/C23H22ClN3O3S2/c1-2-15-9-11-16(12-10-15)14-19-22(30)27(23(31)32-19)13-5-8-20(28)25-26-21(29)17-6-3-4-7-18(17)24/h3-4,6-7,9-12,14H,2,5,8,13H2,1H3,(H,25,28)(H,26,29)/b19-14+. The normalized spacial score (nSPS) is 14.7. The second kappa shape index (κ2) is 11.3. The Labute approximate surface area is 201 Å². The van der Waals surface area contributed by atoms with E-state index in [1.165, 1.54) is 22.2 Å². The summed E-state index contributed by atoms with van der Waals surface area (Å²) in [5.41, 5.74) is 7.13. The maximum atomic E-state index is 12.7. The maximum absolute atomic E-state index is 12.7. The van der Waals surface area contributed by atoms with Crippen LogP contribution in [0.25, 0.3) is 6.08 Å². The van der Waals surface area contributed by atoms with E-state index in [1.807, 2.05) is 30.3 Å². The number of amides is 3. The van der Waals surface area contributed by atoms with Crippen LogP contribution in [0.4, 0.5) is 0 Å². The number of carbonyl (C=O) groups is 3. The Morgan fingerprint density at radius 1 is 1.12 bits per heavy atom. The van der Waals surface area contributed by atoms with Crippen LogP contribution in [0.15, 0.2) is 53.4 Å². The quantitative estimate of drug-likeness (QED) is 0.345. The van der Waals surface area contributed by atoms with E-state index in [9.17, 15) is 14.4 Å². The van der Waals surface area contributed by atoms with Gasteiger partial charge in [0, 0.05) is 13.0 Å². The van der Waals surface area contributed by atoms with Crippen molar-refractivity contribution in [3.05, 3.63) is 75.1 Å². The predicted molar refractivity (Wildman–Crippen MR) is 132 cm³/mol. The van der Waals surface area contributed by atoms with Crippen LogP contribution in [0, 0.1) is 0 Å². The van der Waals surface area contributed by atoms with Crippen molar-refractivity contribution >= 4 is 63.7 Å². The lowest BCUT2D eigenvalue weighted by molar-refractivity contribution is -0.124. The molecule has 2 N–H and O–H groups in total. The van der Waals surface area contributed by atoms with Crippen molar-refractivity contribution in [1.82, 2.24) is 15.8 Å². The molecule has 0 saturated carbocycles. The first-order valence-electron chi connectivity index (χ1n) is 10.1. The molecule has 1 aliphatic rings. The highest BCUT2D eigenvalue weighted by Gasteiger charge is 2.31. The number of carbonyl (C=O) groups excluding carboxylic acids is 3. The van der Waals surface area contributed by atoms with Gasteiger partial charge in [-0.2, -0.15) is 0 Å². The van der Waals surface area contributed by atoms with E-state index in [0.717, 1.165) is 12.0 Å². The van der Waals surface area contributed by atoms with Crippen LogP contribution in [0.2, 0.25) is 5.02 Å². The molecule has 6 nitrogen and oxygen atoms in total. The minimum absolute atomic E-state index is 0.122. The van der Waals surface area contributed by atoms with E-state index in [-0.39, 0.29) is 23.8 Å². The Kier molecular flexibility index (Phi) is 8.44. The first-order valence-corrected chi connectivity index (χ1v) is 11.7. The summed E-state index contributed by atoms with van der Waals surface area (Å²) >= 11 is 12.6. The molecule has 2 aromatic rings. The van der Waals surface area contributed by atoms with E-state index in [2.05, 4.69) is 17.8 Å². The van der Waals surface area contributed by atoms with Crippen molar-refractivity contribution in [2.45, 2.75) is 26.2 Å². The van der Waals surface area contributed by atoms with Crippen LogP contribution < -0.4 is 10.9 Å². The molecule has 0 bridgehead atoms. The molecule has 1 heterocycles. The molecule has 1 saturated heterocycles. The van der Waals surface area contributed by atoms with Crippen molar-refractivity contribution < 1.29 is 14.4 Å². The smallest absolute Gasteiger partial charge is 0.271 e. The zero-order chi connectivity index (χ0) is 23.1. The Hall–Kier alpha value is -2.68. The molecule has 1 aliphatic heterocycles. The molecule has 0 aromatic heterocycles. The van der Waals surface area contributed by atoms with Gasteiger partial charge in [-0.25, -0.2) is 0 Å². The maximum Gasteiger partial charge on any atom is 0.271 e. The van der Waals surface area contributed by atoms with Crippen LogP contribution in [-0.4, -0.2) is 33.5 Å². The van der Waals surface area contributed by atoms with Gasteiger partial charge in [0.15, 0.2) is 0 Å². The molecule has 0 unspecified atom stereocenters. The van der Waals surface area contributed by atoms with Crippen LogP contribution >= 0.6 is 35.6 Å². The topological polar surface area (TPSA) is 78.5 Å². The molecule has 0 atom stereocenters. The van der Waals surface area contributed by atoms with Gasteiger partial charge in [-0.15, -0.1) is 0 Å². The number of hydrazine groups is 1. The van der Waals surface area contributed by atoms with Crippen LogP contribution in [0.5, 0.6) is 0 Å². The molecule has 32 heavy (non-hydrogen) atoms. The number of aryl methyl sites for hydroxylation is 1. The third kappa shape index (κ3) is 6.18. The summed E-state index contributed by atoms with van der Waals surface area (Å²) in [7, 11) is 0. The molecule has 0 radical (unpaired) electrons. The zero-order valence-corrected chi connectivity index (χ0v) is 19.8. The Morgan fingerprint density at radius 3 is 2.53 bits per heavy atom. The SMILES string of the molecule is CCc1ccc(/C=C2/SC(=S)N(CCCC(=O)NNC(=O)c3ccccc3Cl)C2=O)cc1. The van der Waals surface area contributed by atoms with Gasteiger partial charge in [0.05, 0.1) is 15.5 Å². The third-order valence-corrected chi connectivity index (χ3v) is 6.49. The average molecular weight is 488 g/mol. The number of halogens is 1. The largest absolute Gasteiger partial charge is 0.293 e. The summed E-state index contributed by atoms with van der Waals surface area (Å²) in [4.78, 5) is 38.9. The Balaban J connectivity index is 1.47. The lowest BCUT2D eigenvalue weighted by Gasteiger charge is -2.14. The van der Waals surface area contributed by atoms with E-state index < -0.39 is 5.91 Å². The van der Waals surface area contributed by atoms with Gasteiger partial charge in [0.1, 0.15) is 4.32 Å². The highest BCUT2D eigenvalue weighted by Crippen LogP contribution is 2.32. The van der Waals surface area contributed by atoms with Crippen molar-refractivity contribution in [2.75, 3.05) is 6.54 Å². The number of thioether (sulfide) groups is 1. The minimum atomic E-state index is -0.502. The second-order valence-electron chi connectivity index (χ2n) is 7.01. The molecule has 0 aliphatic carbocycles. The van der Waals surface area contributed by atoms with Crippen LogP contribution in [0.3, 0.4) is 0 Å². The Morgan fingerprint density at radius 2 is 1.84 bits per heavy atom. The summed E-state index contributed by atoms with van der Waals surface area (Å²) in [6, 6.07) is 14.6. The van der Waals surface area contributed by atoms with Crippen molar-refractivity contribution in [2.24, 2.45) is 0 Å². The predicted octanol–water partition coefficient (Wildman–Crippen LogP) is 4.35. The van der Waals surface area contributed by atoms with Gasteiger partial charge >= 0.3 is 0 Å². The van der Waals surface area contributed by atoms with Crippen molar-refractivity contribution in [1.29, 1.82) is 0 Å². The van der Waals surface area contributed by atoms with Crippen LogP contribution in [0.1, 0.15) is 41.3 Å². The lowest BCUT2D eigenvalue weighted by Crippen LogP contribution is -2.42. The number of hydrogen-bond donors (Lipinski definition) is 2. The minimum Gasteiger partial charge on any atom is -0.293 e. The fourth-order valence-corrected chi connectivity index (χ4v) is 4.52. The molecule has 166 valence electrons. The van der Waals surface area contributed by atoms with E-state index in [1.54, 1.807) is 24.3 Å². The molecule has 0 spiro atoms. The summed E-state index contributed by atoms with van der Waals surface area (Å²) in [5, 5.41) is 0.294. The monoisotopic (exact) mass is 487 g/mol. The molecule has 9 heteroatoms. The number of hydrogen-bond acceptors (Lipinski definition) is 5. The number of nitrogens with one attached hydrogen (secondary N) is 2. The first kappa shape index (κ1) is 24.0. The Bertz CT molecular complexity index is 1070. The zero-order valence-electron chi connectivity index (χ0n) is 17.4. The van der Waals surface area contributed by atoms with Crippen LogP contribution in [-0.2, 0) is 16.0 Å². The van der Waals surface area contributed by atoms with E-state index >= 15 is 0 Å².